The summed E-state index contributed by atoms with van der Waals surface area (Å²) >= 11 is 0. The van der Waals surface area contributed by atoms with Crippen molar-refractivity contribution in [3.63, 3.8) is 0 Å². The molecular weight excluding hydrogens is 288 g/mol. The minimum atomic E-state index is -3.47. The monoisotopic (exact) mass is 312 g/mol. The number of aromatic nitrogens is 1. The number of anilines is 1. The largest absolute Gasteiger partial charge is 0.369 e. The molecule has 6 nitrogen and oxygen atoms in total. The number of hydrogen-bond acceptors (Lipinski definition) is 5. The molecule has 0 saturated carbocycles. The van der Waals surface area contributed by atoms with Crippen molar-refractivity contribution in [2.24, 2.45) is 0 Å². The fraction of sp³-hybridized carbons (Fsp3) is 0.643. The van der Waals surface area contributed by atoms with Gasteiger partial charge in [-0.15, -0.1) is 0 Å². The van der Waals surface area contributed by atoms with Crippen LogP contribution in [0.3, 0.4) is 0 Å². The fourth-order valence-electron chi connectivity index (χ4n) is 2.40. The molecule has 1 N–H and O–H groups in total. The van der Waals surface area contributed by atoms with Gasteiger partial charge in [0.2, 0.25) is 10.0 Å². The van der Waals surface area contributed by atoms with E-state index >= 15 is 0 Å². The normalized spacial score (nSPS) is 17.8. The number of sulfonamides is 1. The van der Waals surface area contributed by atoms with Gasteiger partial charge in [-0.05, 0) is 25.1 Å². The minimum absolute atomic E-state index is 0.281. The lowest BCUT2D eigenvalue weighted by molar-refractivity contribution is 0.196. The van der Waals surface area contributed by atoms with Crippen molar-refractivity contribution in [3.8, 4) is 0 Å². The van der Waals surface area contributed by atoms with Crippen LogP contribution in [0.5, 0.6) is 0 Å². The first-order valence-corrected chi connectivity index (χ1v) is 8.95. The molecule has 2 heterocycles. The summed E-state index contributed by atoms with van der Waals surface area (Å²) in [4.78, 5) is 6.72. The molecule has 1 fully saturated rings. The number of likely N-dealkylation sites (N-methyl/N-ethyl adjacent to an activating group) is 1. The maximum absolute atomic E-state index is 12.8. The van der Waals surface area contributed by atoms with Crippen LogP contribution in [-0.2, 0) is 10.0 Å². The van der Waals surface area contributed by atoms with Gasteiger partial charge in [0, 0.05) is 38.9 Å². The minimum Gasteiger partial charge on any atom is -0.369 e. The fourth-order valence-corrected chi connectivity index (χ4v) is 3.94. The van der Waals surface area contributed by atoms with Crippen molar-refractivity contribution in [1.82, 2.24) is 14.2 Å². The van der Waals surface area contributed by atoms with Crippen LogP contribution in [0.1, 0.15) is 20.3 Å². The standard InChI is InChI=1S/C14H24N4O2S/c1-3-7-15-14-13(6-5-8-16-14)21(19,20)18-11-9-17(4-2)10-12-18/h5-6,8H,3-4,7,9-12H2,1-2H3,(H,15,16). The lowest BCUT2D eigenvalue weighted by atomic mass is 10.4. The van der Waals surface area contributed by atoms with Crippen molar-refractivity contribution in [1.29, 1.82) is 0 Å². The summed E-state index contributed by atoms with van der Waals surface area (Å²) < 4.78 is 27.2. The molecule has 0 spiro atoms. The second-order valence-corrected chi connectivity index (χ2v) is 7.02. The van der Waals surface area contributed by atoms with Crippen molar-refractivity contribution in [3.05, 3.63) is 18.3 Å². The third-order valence-corrected chi connectivity index (χ3v) is 5.64. The number of pyridine rings is 1. The topological polar surface area (TPSA) is 65.5 Å². The zero-order chi connectivity index (χ0) is 15.3. The number of nitrogens with one attached hydrogen (secondary N) is 1. The van der Waals surface area contributed by atoms with Crippen molar-refractivity contribution in [2.75, 3.05) is 44.6 Å². The van der Waals surface area contributed by atoms with E-state index < -0.39 is 10.0 Å². The predicted octanol–water partition coefficient (Wildman–Crippen LogP) is 1.23. The van der Waals surface area contributed by atoms with Crippen LogP contribution in [0.25, 0.3) is 0 Å². The van der Waals surface area contributed by atoms with Crippen LogP contribution in [0.2, 0.25) is 0 Å². The van der Waals surface area contributed by atoms with E-state index in [-0.39, 0.29) is 4.90 Å². The Hall–Kier alpha value is -1.18. The van der Waals surface area contributed by atoms with Gasteiger partial charge in [-0.25, -0.2) is 13.4 Å². The number of rotatable bonds is 6. The van der Waals surface area contributed by atoms with Gasteiger partial charge < -0.3 is 10.2 Å². The lowest BCUT2D eigenvalue weighted by Crippen LogP contribution is -2.48. The van der Waals surface area contributed by atoms with E-state index in [9.17, 15) is 8.42 Å². The van der Waals surface area contributed by atoms with E-state index in [0.29, 0.717) is 25.5 Å². The molecule has 7 heteroatoms. The summed E-state index contributed by atoms with van der Waals surface area (Å²) in [5.41, 5.74) is 0. The van der Waals surface area contributed by atoms with Gasteiger partial charge in [-0.3, -0.25) is 0 Å². The van der Waals surface area contributed by atoms with Gasteiger partial charge >= 0.3 is 0 Å². The van der Waals surface area contributed by atoms with Crippen molar-refractivity contribution >= 4 is 15.8 Å². The van der Waals surface area contributed by atoms with E-state index in [0.717, 1.165) is 26.1 Å². The number of hydrogen-bond donors (Lipinski definition) is 1. The molecule has 21 heavy (non-hydrogen) atoms. The van der Waals surface area contributed by atoms with Crippen LogP contribution in [0, 0.1) is 0 Å². The van der Waals surface area contributed by atoms with E-state index in [2.05, 4.69) is 22.1 Å². The van der Waals surface area contributed by atoms with Gasteiger partial charge in [0.25, 0.3) is 0 Å². The summed E-state index contributed by atoms with van der Waals surface area (Å²) in [5.74, 6) is 0.456. The van der Waals surface area contributed by atoms with Crippen LogP contribution >= 0.6 is 0 Å². The first-order chi connectivity index (χ1) is 10.1. The molecule has 1 saturated heterocycles. The third-order valence-electron chi connectivity index (χ3n) is 3.71. The molecule has 0 atom stereocenters. The van der Waals surface area contributed by atoms with Crippen LogP contribution in [0.15, 0.2) is 23.2 Å². The highest BCUT2D eigenvalue weighted by Gasteiger charge is 2.30. The van der Waals surface area contributed by atoms with Gasteiger partial charge in [0.05, 0.1) is 0 Å². The molecule has 0 unspecified atom stereocenters. The average Bonchev–Trinajstić information content (AvgIpc) is 2.53. The molecule has 1 aromatic heterocycles. The molecule has 118 valence electrons. The van der Waals surface area contributed by atoms with Gasteiger partial charge in [-0.2, -0.15) is 4.31 Å². The molecule has 2 rings (SSSR count). The van der Waals surface area contributed by atoms with Gasteiger partial charge in [0.1, 0.15) is 10.7 Å². The highest BCUT2D eigenvalue weighted by molar-refractivity contribution is 7.89. The Kier molecular flexibility index (Phi) is 5.55. The summed E-state index contributed by atoms with van der Waals surface area (Å²) in [6.45, 7) is 8.46. The molecule has 0 aliphatic carbocycles. The molecule has 0 radical (unpaired) electrons. The summed E-state index contributed by atoms with van der Waals surface area (Å²) in [5, 5.41) is 3.10. The Bertz CT molecular complexity index is 554. The van der Waals surface area contributed by atoms with E-state index in [1.807, 2.05) is 6.92 Å². The second kappa shape index (κ2) is 7.20. The maximum Gasteiger partial charge on any atom is 0.246 e. The zero-order valence-electron chi connectivity index (χ0n) is 12.7. The zero-order valence-corrected chi connectivity index (χ0v) is 13.6. The van der Waals surface area contributed by atoms with Gasteiger partial charge in [0.15, 0.2) is 0 Å². The molecule has 1 aromatic rings. The molecule has 1 aliphatic heterocycles. The molecule has 0 bridgehead atoms. The quantitative estimate of drug-likeness (QED) is 0.856. The van der Waals surface area contributed by atoms with E-state index in [1.165, 1.54) is 0 Å². The predicted molar refractivity (Wildman–Crippen MR) is 83.9 cm³/mol. The highest BCUT2D eigenvalue weighted by Crippen LogP contribution is 2.23. The first kappa shape index (κ1) is 16.2. The van der Waals surface area contributed by atoms with Gasteiger partial charge in [-0.1, -0.05) is 13.8 Å². The Morgan fingerprint density at radius 3 is 2.57 bits per heavy atom. The van der Waals surface area contributed by atoms with E-state index in [1.54, 1.807) is 22.6 Å². The third kappa shape index (κ3) is 3.72. The van der Waals surface area contributed by atoms with Crippen molar-refractivity contribution in [2.45, 2.75) is 25.2 Å². The molecular formula is C14H24N4O2S. The smallest absolute Gasteiger partial charge is 0.246 e. The second-order valence-electron chi connectivity index (χ2n) is 5.12. The van der Waals surface area contributed by atoms with Crippen LogP contribution in [-0.4, -0.2) is 61.9 Å². The SMILES string of the molecule is CCCNc1ncccc1S(=O)(=O)N1CCN(CC)CC1. The van der Waals surface area contributed by atoms with Crippen LogP contribution in [0.4, 0.5) is 5.82 Å². The first-order valence-electron chi connectivity index (χ1n) is 7.51. The van der Waals surface area contributed by atoms with Crippen LogP contribution < -0.4 is 5.32 Å². The Balaban J connectivity index is 2.20. The molecule has 0 amide bonds. The molecule has 0 aromatic carbocycles. The summed E-state index contributed by atoms with van der Waals surface area (Å²) in [6.07, 6.45) is 2.54. The Morgan fingerprint density at radius 1 is 1.24 bits per heavy atom. The average molecular weight is 312 g/mol. The molecule has 1 aliphatic rings. The lowest BCUT2D eigenvalue weighted by Gasteiger charge is -2.33. The van der Waals surface area contributed by atoms with Crippen molar-refractivity contribution < 1.29 is 8.42 Å². The Morgan fingerprint density at radius 2 is 1.95 bits per heavy atom. The summed E-state index contributed by atoms with van der Waals surface area (Å²) in [6, 6.07) is 3.30. The summed E-state index contributed by atoms with van der Waals surface area (Å²) in [7, 11) is -3.47. The number of piperazine rings is 1. The highest BCUT2D eigenvalue weighted by atomic mass is 32.2. The Labute approximate surface area is 127 Å². The van der Waals surface area contributed by atoms with E-state index in [4.69, 9.17) is 0 Å². The number of nitrogens with zero attached hydrogens (tertiary/aromatic N) is 3. The maximum atomic E-state index is 12.8.